The van der Waals surface area contributed by atoms with Crippen LogP contribution in [0.5, 0.6) is 11.5 Å². The van der Waals surface area contributed by atoms with E-state index < -0.39 is 21.6 Å². The lowest BCUT2D eigenvalue weighted by molar-refractivity contribution is -0.385. The van der Waals surface area contributed by atoms with Gasteiger partial charge in [-0.2, -0.15) is 0 Å². The molecule has 33 heavy (non-hydrogen) atoms. The highest BCUT2D eigenvalue weighted by molar-refractivity contribution is 6.13. The van der Waals surface area contributed by atoms with Crippen LogP contribution in [0, 0.1) is 26.0 Å². The second-order valence-corrected chi connectivity index (χ2v) is 6.68. The number of ether oxygens (including phenoxy) is 2. The van der Waals surface area contributed by atoms with Crippen molar-refractivity contribution in [2.75, 3.05) is 0 Å². The highest BCUT2D eigenvalue weighted by atomic mass is 19.1. The fourth-order valence-electron chi connectivity index (χ4n) is 2.93. The number of benzene rings is 3. The number of hydrogen-bond donors (Lipinski definition) is 0. The van der Waals surface area contributed by atoms with Crippen LogP contribution in [0.15, 0.2) is 77.4 Å². The van der Waals surface area contributed by atoms with E-state index in [0.717, 1.165) is 12.1 Å². The molecule has 0 spiro atoms. The summed E-state index contributed by atoms with van der Waals surface area (Å²) in [5, 5.41) is 22.5. The first-order chi connectivity index (χ1) is 15.8. The molecular weight excluding hydrogens is 437 g/mol. The lowest BCUT2D eigenvalue weighted by atomic mass is 10.1. The monoisotopic (exact) mass is 449 g/mol. The molecule has 0 aromatic heterocycles. The number of non-ortho nitro benzene ring substituents is 1. The van der Waals surface area contributed by atoms with Crippen LogP contribution in [0.4, 0.5) is 15.8 Å². The molecule has 0 radical (unpaired) electrons. The summed E-state index contributed by atoms with van der Waals surface area (Å²) in [7, 11) is 0. The summed E-state index contributed by atoms with van der Waals surface area (Å²) in [5.41, 5.74) is -0.226. The third kappa shape index (κ3) is 4.71. The van der Waals surface area contributed by atoms with Crippen LogP contribution in [0.1, 0.15) is 11.1 Å². The molecule has 11 heteroatoms. The number of carbonyl (C=O) groups is 1. The minimum absolute atomic E-state index is 0.0801. The number of hydrogen-bond acceptors (Lipinski definition) is 8. The van der Waals surface area contributed by atoms with Gasteiger partial charge in [0, 0.05) is 23.8 Å². The Morgan fingerprint density at radius 1 is 0.970 bits per heavy atom. The van der Waals surface area contributed by atoms with E-state index in [1.54, 1.807) is 0 Å². The topological polar surface area (TPSA) is 134 Å². The SMILES string of the molecule is O=C1OC(c2cccc([N+](=O)[O-])c2)=N/C1=C\c1ccc(Oc2ccc(F)cc2)c([N+](=O)[O-])c1. The molecule has 1 aliphatic heterocycles. The van der Waals surface area contributed by atoms with Crippen molar-refractivity contribution in [1.82, 2.24) is 0 Å². The van der Waals surface area contributed by atoms with Crippen molar-refractivity contribution >= 4 is 29.3 Å². The molecule has 0 unspecified atom stereocenters. The molecular formula is C22H12FN3O7. The molecule has 4 rings (SSSR count). The van der Waals surface area contributed by atoms with E-state index in [1.165, 1.54) is 60.7 Å². The highest BCUT2D eigenvalue weighted by Crippen LogP contribution is 2.33. The maximum Gasteiger partial charge on any atom is 0.363 e. The van der Waals surface area contributed by atoms with Crippen molar-refractivity contribution < 1.29 is 28.5 Å². The van der Waals surface area contributed by atoms with E-state index in [9.17, 15) is 29.4 Å². The molecule has 3 aromatic carbocycles. The summed E-state index contributed by atoms with van der Waals surface area (Å²) in [6, 6.07) is 14.4. The summed E-state index contributed by atoms with van der Waals surface area (Å²) < 4.78 is 23.6. The molecule has 0 bridgehead atoms. The molecule has 0 fully saturated rings. The predicted octanol–water partition coefficient (Wildman–Crippen LogP) is 4.78. The third-order valence-corrected chi connectivity index (χ3v) is 4.45. The Hall–Kier alpha value is -4.93. The molecule has 0 atom stereocenters. The third-order valence-electron chi connectivity index (χ3n) is 4.45. The first-order valence-corrected chi connectivity index (χ1v) is 9.29. The molecule has 1 heterocycles. The zero-order valence-electron chi connectivity index (χ0n) is 16.5. The Labute approximate surface area is 184 Å². The number of rotatable bonds is 6. The van der Waals surface area contributed by atoms with Crippen molar-refractivity contribution in [3.63, 3.8) is 0 Å². The summed E-state index contributed by atoms with van der Waals surface area (Å²) in [5.74, 6) is -1.29. The Morgan fingerprint density at radius 3 is 2.42 bits per heavy atom. The van der Waals surface area contributed by atoms with Crippen LogP contribution < -0.4 is 4.74 Å². The van der Waals surface area contributed by atoms with E-state index in [-0.39, 0.29) is 45.6 Å². The zero-order valence-corrected chi connectivity index (χ0v) is 16.5. The van der Waals surface area contributed by atoms with Gasteiger partial charge in [0.1, 0.15) is 11.6 Å². The zero-order chi connectivity index (χ0) is 23.5. The number of nitro benzene ring substituents is 2. The van der Waals surface area contributed by atoms with Gasteiger partial charge in [-0.05, 0) is 48.0 Å². The lowest BCUT2D eigenvalue weighted by Crippen LogP contribution is -2.05. The van der Waals surface area contributed by atoms with E-state index in [4.69, 9.17) is 9.47 Å². The van der Waals surface area contributed by atoms with Crippen molar-refractivity contribution in [3.8, 4) is 11.5 Å². The van der Waals surface area contributed by atoms with E-state index in [1.807, 2.05) is 0 Å². The molecule has 10 nitrogen and oxygen atoms in total. The number of halogens is 1. The lowest BCUT2D eigenvalue weighted by Gasteiger charge is -2.07. The Balaban J connectivity index is 1.64. The second-order valence-electron chi connectivity index (χ2n) is 6.68. The van der Waals surface area contributed by atoms with Crippen molar-refractivity contribution in [3.05, 3.63) is 110 Å². The van der Waals surface area contributed by atoms with Crippen LogP contribution in [0.25, 0.3) is 6.08 Å². The number of aliphatic imine (C=N–C) groups is 1. The maximum atomic E-state index is 13.1. The largest absolute Gasteiger partial charge is 0.450 e. The maximum absolute atomic E-state index is 13.1. The number of carbonyl (C=O) groups excluding carboxylic acids is 1. The highest BCUT2D eigenvalue weighted by Gasteiger charge is 2.26. The summed E-state index contributed by atoms with van der Waals surface area (Å²) in [6.07, 6.45) is 1.28. The first kappa shape index (κ1) is 21.3. The predicted molar refractivity (Wildman–Crippen MR) is 113 cm³/mol. The molecule has 0 amide bonds. The Morgan fingerprint density at radius 2 is 1.73 bits per heavy atom. The van der Waals surface area contributed by atoms with E-state index >= 15 is 0 Å². The van der Waals surface area contributed by atoms with Gasteiger partial charge in [-0.3, -0.25) is 20.2 Å². The van der Waals surface area contributed by atoms with E-state index in [0.29, 0.717) is 0 Å². The van der Waals surface area contributed by atoms with Gasteiger partial charge in [-0.25, -0.2) is 14.2 Å². The minimum Gasteiger partial charge on any atom is -0.450 e. The second kappa shape index (κ2) is 8.67. The molecule has 1 aliphatic rings. The molecule has 0 aliphatic carbocycles. The molecule has 0 saturated heterocycles. The average Bonchev–Trinajstić information content (AvgIpc) is 3.16. The summed E-state index contributed by atoms with van der Waals surface area (Å²) in [4.78, 5) is 37.5. The van der Waals surface area contributed by atoms with Crippen molar-refractivity contribution in [2.45, 2.75) is 0 Å². The molecule has 0 N–H and O–H groups in total. The number of esters is 1. The van der Waals surface area contributed by atoms with Crippen LogP contribution in [0.2, 0.25) is 0 Å². The van der Waals surface area contributed by atoms with Gasteiger partial charge in [0.05, 0.1) is 9.85 Å². The van der Waals surface area contributed by atoms with Crippen LogP contribution in [-0.4, -0.2) is 21.7 Å². The van der Waals surface area contributed by atoms with Gasteiger partial charge in [-0.1, -0.05) is 12.1 Å². The minimum atomic E-state index is -0.814. The van der Waals surface area contributed by atoms with Gasteiger partial charge >= 0.3 is 11.7 Å². The van der Waals surface area contributed by atoms with Gasteiger partial charge in [0.15, 0.2) is 5.70 Å². The van der Waals surface area contributed by atoms with Crippen molar-refractivity contribution in [1.29, 1.82) is 0 Å². The van der Waals surface area contributed by atoms with Crippen LogP contribution in [0.3, 0.4) is 0 Å². The fourth-order valence-corrected chi connectivity index (χ4v) is 2.93. The van der Waals surface area contributed by atoms with Gasteiger partial charge in [-0.15, -0.1) is 0 Å². The average molecular weight is 449 g/mol. The number of nitrogens with zero attached hydrogens (tertiary/aromatic N) is 3. The fraction of sp³-hybridized carbons (Fsp3) is 0. The van der Waals surface area contributed by atoms with Crippen LogP contribution >= 0.6 is 0 Å². The van der Waals surface area contributed by atoms with Gasteiger partial charge < -0.3 is 9.47 Å². The number of nitro groups is 2. The number of cyclic esters (lactones) is 1. The van der Waals surface area contributed by atoms with Crippen LogP contribution in [-0.2, 0) is 9.53 Å². The summed E-state index contributed by atoms with van der Waals surface area (Å²) in [6.45, 7) is 0. The first-order valence-electron chi connectivity index (χ1n) is 9.29. The quantitative estimate of drug-likeness (QED) is 0.229. The smallest absolute Gasteiger partial charge is 0.363 e. The molecule has 164 valence electrons. The van der Waals surface area contributed by atoms with Crippen molar-refractivity contribution in [2.24, 2.45) is 4.99 Å². The molecule has 0 saturated carbocycles. The van der Waals surface area contributed by atoms with E-state index in [2.05, 4.69) is 4.99 Å². The normalized spacial score (nSPS) is 14.0. The molecule has 3 aromatic rings. The Kier molecular flexibility index (Phi) is 5.60. The summed E-state index contributed by atoms with van der Waals surface area (Å²) >= 11 is 0. The van der Waals surface area contributed by atoms with Gasteiger partial charge in [0.2, 0.25) is 11.6 Å². The van der Waals surface area contributed by atoms with Gasteiger partial charge in [0.25, 0.3) is 5.69 Å². The Bertz CT molecular complexity index is 1350. The standard InChI is InChI=1S/C22H12FN3O7/c23-15-5-7-17(8-6-15)32-20-9-4-13(11-19(20)26(30)31)10-18-22(27)33-21(24-18)14-2-1-3-16(12-14)25(28)29/h1-12H/b18-10-.